The Bertz CT molecular complexity index is 1040. The van der Waals surface area contributed by atoms with Crippen LogP contribution in [0.15, 0.2) is 48.8 Å². The van der Waals surface area contributed by atoms with E-state index in [1.165, 1.54) is 5.56 Å². The molecule has 0 radical (unpaired) electrons. The van der Waals surface area contributed by atoms with Gasteiger partial charge in [0, 0.05) is 29.1 Å². The van der Waals surface area contributed by atoms with E-state index in [4.69, 9.17) is 9.57 Å². The number of nitrogens with zero attached hydrogens (tertiary/aromatic N) is 2. The van der Waals surface area contributed by atoms with Gasteiger partial charge in [-0.2, -0.15) is 0 Å². The second-order valence-electron chi connectivity index (χ2n) is 6.27. The number of aromatic amines is 1. The monoisotopic (exact) mass is 376 g/mol. The third kappa shape index (κ3) is 3.27. The first-order valence-electron chi connectivity index (χ1n) is 9.01. The molecule has 0 aliphatic heterocycles. The normalized spacial score (nSPS) is 12.4. The zero-order valence-electron chi connectivity index (χ0n) is 15.7. The van der Waals surface area contributed by atoms with Crippen molar-refractivity contribution < 1.29 is 14.4 Å². The van der Waals surface area contributed by atoms with Crippen molar-refractivity contribution in [3.63, 3.8) is 0 Å². The number of esters is 1. The van der Waals surface area contributed by atoms with Gasteiger partial charge in [-0.1, -0.05) is 18.2 Å². The van der Waals surface area contributed by atoms with Crippen LogP contribution in [0.1, 0.15) is 28.7 Å². The average molecular weight is 376 g/mol. The van der Waals surface area contributed by atoms with Gasteiger partial charge in [0.05, 0.1) is 30.8 Å². The van der Waals surface area contributed by atoms with E-state index >= 15 is 0 Å². The zero-order valence-corrected chi connectivity index (χ0v) is 15.7. The van der Waals surface area contributed by atoms with Crippen molar-refractivity contribution in [2.24, 2.45) is 0 Å². The molecule has 142 valence electrons. The summed E-state index contributed by atoms with van der Waals surface area (Å²) in [5.41, 5.74) is 9.39. The fourth-order valence-electron chi connectivity index (χ4n) is 3.31. The molecule has 0 fully saturated rings. The van der Waals surface area contributed by atoms with Crippen molar-refractivity contribution in [3.05, 3.63) is 65.8 Å². The predicted octanol–water partition coefficient (Wildman–Crippen LogP) is 3.36. The van der Waals surface area contributed by atoms with Crippen molar-refractivity contribution in [1.29, 1.82) is 0 Å². The third-order valence-corrected chi connectivity index (χ3v) is 4.55. The van der Waals surface area contributed by atoms with Crippen molar-refractivity contribution in [1.82, 2.24) is 20.4 Å². The number of rotatable bonds is 6. The third-order valence-electron chi connectivity index (χ3n) is 4.55. The van der Waals surface area contributed by atoms with Crippen molar-refractivity contribution in [2.45, 2.75) is 13.3 Å². The molecular weight excluding hydrogens is 356 g/mol. The number of hydroxylamine groups is 1. The van der Waals surface area contributed by atoms with Crippen LogP contribution in [0.5, 0.6) is 0 Å². The molecule has 3 aromatic rings. The lowest BCUT2D eigenvalue weighted by Crippen LogP contribution is -2.08. The standard InChI is InChI=1S/C21H20N4O3/c1-3-28-21(26)20-23-18(13-8-10-22-11-9-13)19(24-20)15-4-6-16-14(12-15)5-7-17(16)25-27-2/h4,6-12,25H,3,5H2,1-2H3,(H,23,24). The summed E-state index contributed by atoms with van der Waals surface area (Å²) in [7, 11) is 1.59. The predicted molar refractivity (Wildman–Crippen MR) is 105 cm³/mol. The Morgan fingerprint density at radius 1 is 1.21 bits per heavy atom. The number of carbonyl (C=O) groups excluding carboxylic acids is 1. The van der Waals surface area contributed by atoms with E-state index in [0.717, 1.165) is 34.5 Å². The Kier molecular flexibility index (Phi) is 4.90. The Hall–Kier alpha value is -3.45. The number of allylic oxidation sites excluding steroid dienone is 1. The minimum Gasteiger partial charge on any atom is -0.460 e. The summed E-state index contributed by atoms with van der Waals surface area (Å²) in [6.07, 6.45) is 6.30. The van der Waals surface area contributed by atoms with Crippen LogP contribution in [0, 0.1) is 0 Å². The number of pyridine rings is 1. The Morgan fingerprint density at radius 3 is 2.79 bits per heavy atom. The van der Waals surface area contributed by atoms with Gasteiger partial charge < -0.3 is 9.72 Å². The first-order chi connectivity index (χ1) is 13.7. The fraction of sp³-hybridized carbons (Fsp3) is 0.190. The highest BCUT2D eigenvalue weighted by molar-refractivity contribution is 5.90. The van der Waals surface area contributed by atoms with E-state index in [-0.39, 0.29) is 5.82 Å². The number of aromatic nitrogens is 3. The summed E-state index contributed by atoms with van der Waals surface area (Å²) >= 11 is 0. The minimum atomic E-state index is -0.474. The van der Waals surface area contributed by atoms with E-state index in [0.29, 0.717) is 12.3 Å². The molecule has 1 aromatic carbocycles. The lowest BCUT2D eigenvalue weighted by Gasteiger charge is -2.09. The lowest BCUT2D eigenvalue weighted by molar-refractivity contribution is 0.0513. The van der Waals surface area contributed by atoms with Crippen LogP contribution in [0.4, 0.5) is 0 Å². The second-order valence-corrected chi connectivity index (χ2v) is 6.27. The van der Waals surface area contributed by atoms with Crippen LogP contribution < -0.4 is 5.48 Å². The molecule has 0 spiro atoms. The number of H-pyrrole nitrogens is 1. The van der Waals surface area contributed by atoms with Gasteiger partial charge in [0.15, 0.2) is 0 Å². The summed E-state index contributed by atoms with van der Waals surface area (Å²) in [4.78, 5) is 29.0. The maximum absolute atomic E-state index is 12.2. The number of imidazole rings is 1. The number of fused-ring (bicyclic) bond motifs is 1. The summed E-state index contributed by atoms with van der Waals surface area (Å²) in [6.45, 7) is 2.06. The highest BCUT2D eigenvalue weighted by atomic mass is 16.6. The molecule has 0 unspecified atom stereocenters. The van der Waals surface area contributed by atoms with E-state index in [1.54, 1.807) is 26.4 Å². The molecule has 28 heavy (non-hydrogen) atoms. The largest absolute Gasteiger partial charge is 0.460 e. The first kappa shape index (κ1) is 17.9. The van der Waals surface area contributed by atoms with E-state index < -0.39 is 5.97 Å². The van der Waals surface area contributed by atoms with Gasteiger partial charge in [0.1, 0.15) is 0 Å². The Labute approximate surface area is 162 Å². The first-order valence-corrected chi connectivity index (χ1v) is 9.01. The zero-order chi connectivity index (χ0) is 19.5. The highest BCUT2D eigenvalue weighted by Crippen LogP contribution is 2.34. The number of nitrogens with one attached hydrogen (secondary N) is 2. The number of hydrogen-bond acceptors (Lipinski definition) is 6. The average Bonchev–Trinajstić information content (AvgIpc) is 3.34. The van der Waals surface area contributed by atoms with Gasteiger partial charge in [-0.25, -0.2) is 9.78 Å². The molecule has 7 heteroatoms. The quantitative estimate of drug-likeness (QED) is 0.507. The molecule has 1 aliphatic carbocycles. The summed E-state index contributed by atoms with van der Waals surface area (Å²) < 4.78 is 5.11. The number of ether oxygens (including phenoxy) is 1. The Balaban J connectivity index is 1.78. The summed E-state index contributed by atoms with van der Waals surface area (Å²) in [5.74, 6) is -0.289. The molecule has 2 heterocycles. The summed E-state index contributed by atoms with van der Waals surface area (Å²) in [6, 6.07) is 9.87. The van der Waals surface area contributed by atoms with Gasteiger partial charge in [-0.05, 0) is 37.1 Å². The van der Waals surface area contributed by atoms with Crippen molar-refractivity contribution >= 4 is 11.7 Å². The Morgan fingerprint density at radius 2 is 2.04 bits per heavy atom. The number of carbonyl (C=O) groups is 1. The molecule has 7 nitrogen and oxygen atoms in total. The summed E-state index contributed by atoms with van der Waals surface area (Å²) in [5, 5.41) is 0. The molecular formula is C21H20N4O3. The SMILES string of the molecule is CCOC(=O)c1nc(-c2ccc3c(c2)CC=C3NOC)c(-c2ccncc2)[nH]1. The maximum atomic E-state index is 12.2. The number of hydrogen-bond donors (Lipinski definition) is 2. The van der Waals surface area contributed by atoms with Gasteiger partial charge >= 0.3 is 5.97 Å². The van der Waals surface area contributed by atoms with Gasteiger partial charge in [-0.15, -0.1) is 0 Å². The van der Waals surface area contributed by atoms with Crippen LogP contribution >= 0.6 is 0 Å². The number of benzene rings is 1. The molecule has 0 saturated carbocycles. The van der Waals surface area contributed by atoms with Gasteiger partial charge in [-0.3, -0.25) is 15.3 Å². The van der Waals surface area contributed by atoms with Crippen molar-refractivity contribution in [3.8, 4) is 22.5 Å². The molecule has 4 rings (SSSR count). The van der Waals surface area contributed by atoms with Crippen LogP contribution in [0.2, 0.25) is 0 Å². The van der Waals surface area contributed by atoms with Crippen molar-refractivity contribution in [2.75, 3.05) is 13.7 Å². The van der Waals surface area contributed by atoms with E-state index in [2.05, 4.69) is 32.6 Å². The molecule has 0 atom stereocenters. The van der Waals surface area contributed by atoms with Crippen LogP contribution in [-0.2, 0) is 16.0 Å². The minimum absolute atomic E-state index is 0.184. The molecule has 0 saturated heterocycles. The topological polar surface area (TPSA) is 89.1 Å². The molecule has 0 amide bonds. The van der Waals surface area contributed by atoms with E-state index in [1.807, 2.05) is 24.3 Å². The molecule has 1 aliphatic rings. The molecule has 2 N–H and O–H groups in total. The van der Waals surface area contributed by atoms with Crippen LogP contribution in [0.3, 0.4) is 0 Å². The van der Waals surface area contributed by atoms with E-state index in [9.17, 15) is 4.79 Å². The maximum Gasteiger partial charge on any atom is 0.374 e. The van der Waals surface area contributed by atoms with Gasteiger partial charge in [0.25, 0.3) is 0 Å². The highest BCUT2D eigenvalue weighted by Gasteiger charge is 2.21. The second kappa shape index (κ2) is 7.66. The van der Waals surface area contributed by atoms with Crippen LogP contribution in [-0.4, -0.2) is 34.6 Å². The molecule has 0 bridgehead atoms. The fourth-order valence-corrected chi connectivity index (χ4v) is 3.31. The lowest BCUT2D eigenvalue weighted by atomic mass is 10.0. The van der Waals surface area contributed by atoms with Gasteiger partial charge in [0.2, 0.25) is 5.82 Å². The van der Waals surface area contributed by atoms with Crippen LogP contribution in [0.25, 0.3) is 28.2 Å². The smallest absolute Gasteiger partial charge is 0.374 e. The molecule has 2 aromatic heterocycles.